The van der Waals surface area contributed by atoms with Gasteiger partial charge in [-0.2, -0.15) is 0 Å². The highest BCUT2D eigenvalue weighted by molar-refractivity contribution is 5.05. The molecular weight excluding hydrogens is 246 g/mol. The Morgan fingerprint density at radius 2 is 1.68 bits per heavy atom. The number of β-amino-alcohol motifs (C(OH)–C–C–N with tert-alkyl or cyclic N) is 1. The van der Waals surface area contributed by atoms with Crippen molar-refractivity contribution in [2.45, 2.75) is 63.5 Å². The summed E-state index contributed by atoms with van der Waals surface area (Å²) in [5, 5.41) is 18.5. The molecule has 19 heavy (non-hydrogen) atoms. The molecule has 0 radical (unpaired) electrons. The lowest BCUT2D eigenvalue weighted by Crippen LogP contribution is -2.66. The fraction of sp³-hybridized carbons (Fsp3) is 1.00. The molecule has 0 aromatic carbocycles. The van der Waals surface area contributed by atoms with E-state index < -0.39 is 5.79 Å². The van der Waals surface area contributed by atoms with Gasteiger partial charge in [0.05, 0.1) is 19.8 Å². The zero-order valence-corrected chi connectivity index (χ0v) is 12.5. The van der Waals surface area contributed by atoms with E-state index in [-0.39, 0.29) is 30.4 Å². The predicted octanol–water partition coefficient (Wildman–Crippen LogP) is 0.736. The SMILES string of the molecule is CC1(C)CC2(CC(C)(C)N1CCO)OCC(CO)O2. The van der Waals surface area contributed by atoms with E-state index in [4.69, 9.17) is 9.47 Å². The van der Waals surface area contributed by atoms with Crippen molar-refractivity contribution in [2.75, 3.05) is 26.4 Å². The molecule has 0 bridgehead atoms. The van der Waals surface area contributed by atoms with Crippen molar-refractivity contribution in [1.82, 2.24) is 4.90 Å². The Morgan fingerprint density at radius 3 is 2.11 bits per heavy atom. The fourth-order valence-electron chi connectivity index (χ4n) is 3.99. The van der Waals surface area contributed by atoms with Gasteiger partial charge in [0.25, 0.3) is 0 Å². The number of likely N-dealkylation sites (tertiary alicyclic amines) is 1. The number of aliphatic hydroxyl groups excluding tert-OH is 2. The first-order chi connectivity index (χ1) is 8.75. The van der Waals surface area contributed by atoms with Gasteiger partial charge in [-0.15, -0.1) is 0 Å². The summed E-state index contributed by atoms with van der Waals surface area (Å²) < 4.78 is 11.9. The van der Waals surface area contributed by atoms with Crippen LogP contribution < -0.4 is 0 Å². The lowest BCUT2D eigenvalue weighted by atomic mass is 9.76. The summed E-state index contributed by atoms with van der Waals surface area (Å²) in [6.45, 7) is 9.90. The largest absolute Gasteiger partial charge is 0.395 e. The lowest BCUT2D eigenvalue weighted by Gasteiger charge is -2.57. The Labute approximate surface area is 115 Å². The normalized spacial score (nSPS) is 32.8. The molecule has 2 fully saturated rings. The van der Waals surface area contributed by atoms with Gasteiger partial charge in [-0.1, -0.05) is 0 Å². The van der Waals surface area contributed by atoms with Crippen LogP contribution >= 0.6 is 0 Å². The van der Waals surface area contributed by atoms with Crippen molar-refractivity contribution in [3.63, 3.8) is 0 Å². The number of piperidine rings is 1. The molecule has 0 aliphatic carbocycles. The van der Waals surface area contributed by atoms with E-state index in [9.17, 15) is 10.2 Å². The molecule has 2 heterocycles. The quantitative estimate of drug-likeness (QED) is 0.794. The monoisotopic (exact) mass is 273 g/mol. The van der Waals surface area contributed by atoms with Gasteiger partial charge >= 0.3 is 0 Å². The summed E-state index contributed by atoms with van der Waals surface area (Å²) in [6, 6.07) is 0. The Kier molecular flexibility index (Phi) is 3.97. The molecule has 112 valence electrons. The summed E-state index contributed by atoms with van der Waals surface area (Å²) >= 11 is 0. The minimum absolute atomic E-state index is 0.00294. The van der Waals surface area contributed by atoms with E-state index in [1.165, 1.54) is 0 Å². The van der Waals surface area contributed by atoms with Crippen LogP contribution in [0.4, 0.5) is 0 Å². The highest BCUT2D eigenvalue weighted by Crippen LogP contribution is 2.47. The minimum atomic E-state index is -0.591. The zero-order valence-electron chi connectivity index (χ0n) is 12.5. The smallest absolute Gasteiger partial charge is 0.172 e. The average Bonchev–Trinajstić information content (AvgIpc) is 2.65. The van der Waals surface area contributed by atoms with E-state index in [2.05, 4.69) is 32.6 Å². The van der Waals surface area contributed by atoms with E-state index in [0.717, 1.165) is 12.8 Å². The number of hydrogen-bond donors (Lipinski definition) is 2. The molecule has 2 aliphatic rings. The van der Waals surface area contributed by atoms with Crippen LogP contribution in [-0.2, 0) is 9.47 Å². The molecule has 0 aromatic rings. The second-order valence-electron chi connectivity index (χ2n) is 7.00. The van der Waals surface area contributed by atoms with Crippen molar-refractivity contribution in [2.24, 2.45) is 0 Å². The first-order valence-corrected chi connectivity index (χ1v) is 7.06. The van der Waals surface area contributed by atoms with E-state index in [1.54, 1.807) is 0 Å². The van der Waals surface area contributed by atoms with Crippen molar-refractivity contribution in [3.05, 3.63) is 0 Å². The predicted molar refractivity (Wildman–Crippen MR) is 71.8 cm³/mol. The first-order valence-electron chi connectivity index (χ1n) is 7.06. The molecule has 2 saturated heterocycles. The van der Waals surface area contributed by atoms with Gasteiger partial charge in [0.15, 0.2) is 5.79 Å². The lowest BCUT2D eigenvalue weighted by molar-refractivity contribution is -0.248. The van der Waals surface area contributed by atoms with Crippen LogP contribution in [0.2, 0.25) is 0 Å². The molecule has 0 saturated carbocycles. The number of aliphatic hydroxyl groups is 2. The summed E-state index contributed by atoms with van der Waals surface area (Å²) in [5.41, 5.74) is -0.232. The second-order valence-corrected chi connectivity index (χ2v) is 7.00. The van der Waals surface area contributed by atoms with Crippen LogP contribution in [0.3, 0.4) is 0 Å². The summed E-state index contributed by atoms with van der Waals surface area (Å²) in [4.78, 5) is 2.32. The summed E-state index contributed by atoms with van der Waals surface area (Å²) in [7, 11) is 0. The molecule has 5 nitrogen and oxygen atoms in total. The van der Waals surface area contributed by atoms with Crippen LogP contribution in [-0.4, -0.2) is 64.4 Å². The highest BCUT2D eigenvalue weighted by Gasteiger charge is 2.56. The van der Waals surface area contributed by atoms with E-state index in [0.29, 0.717) is 13.2 Å². The molecule has 0 amide bonds. The van der Waals surface area contributed by atoms with Crippen LogP contribution in [0.15, 0.2) is 0 Å². The third-order valence-corrected chi connectivity index (χ3v) is 4.31. The van der Waals surface area contributed by atoms with Crippen LogP contribution in [0.1, 0.15) is 40.5 Å². The molecule has 0 aromatic heterocycles. The average molecular weight is 273 g/mol. The van der Waals surface area contributed by atoms with Crippen LogP contribution in [0, 0.1) is 0 Å². The van der Waals surface area contributed by atoms with Gasteiger partial charge in [0.1, 0.15) is 6.10 Å². The third-order valence-electron chi connectivity index (χ3n) is 4.31. The highest BCUT2D eigenvalue weighted by atomic mass is 16.7. The van der Waals surface area contributed by atoms with Crippen molar-refractivity contribution in [1.29, 1.82) is 0 Å². The van der Waals surface area contributed by atoms with Crippen molar-refractivity contribution >= 4 is 0 Å². The Hall–Kier alpha value is -0.200. The van der Waals surface area contributed by atoms with Gasteiger partial charge < -0.3 is 19.7 Å². The second kappa shape index (κ2) is 4.97. The van der Waals surface area contributed by atoms with E-state index >= 15 is 0 Å². The molecule has 1 spiro atoms. The Balaban J connectivity index is 2.21. The zero-order chi connectivity index (χ0) is 14.3. The maximum absolute atomic E-state index is 9.28. The van der Waals surface area contributed by atoms with Gasteiger partial charge in [0.2, 0.25) is 0 Å². The standard InChI is InChI=1S/C14H27NO4/c1-12(2)9-14(18-8-11(7-17)19-14)10-13(3,4)15(12)5-6-16/h11,16-17H,5-10H2,1-4H3. The third kappa shape index (κ3) is 2.81. The van der Waals surface area contributed by atoms with Gasteiger partial charge in [-0.05, 0) is 27.7 Å². The van der Waals surface area contributed by atoms with Gasteiger partial charge in [-0.25, -0.2) is 0 Å². The maximum atomic E-state index is 9.28. The first kappa shape index (κ1) is 15.2. The molecule has 2 N–H and O–H groups in total. The van der Waals surface area contributed by atoms with E-state index in [1.807, 2.05) is 0 Å². The molecule has 2 aliphatic heterocycles. The van der Waals surface area contributed by atoms with Crippen molar-refractivity contribution in [3.8, 4) is 0 Å². The maximum Gasteiger partial charge on any atom is 0.172 e. The Morgan fingerprint density at radius 1 is 1.11 bits per heavy atom. The summed E-state index contributed by atoms with van der Waals surface area (Å²) in [5.74, 6) is -0.591. The fourth-order valence-corrected chi connectivity index (χ4v) is 3.99. The molecule has 1 atom stereocenters. The minimum Gasteiger partial charge on any atom is -0.395 e. The van der Waals surface area contributed by atoms with Crippen LogP contribution in [0.5, 0.6) is 0 Å². The summed E-state index contributed by atoms with van der Waals surface area (Å²) in [6.07, 6.45) is 1.29. The number of nitrogens with zero attached hydrogens (tertiary/aromatic N) is 1. The molecule has 2 rings (SSSR count). The van der Waals surface area contributed by atoms with Gasteiger partial charge in [0, 0.05) is 30.5 Å². The van der Waals surface area contributed by atoms with Gasteiger partial charge in [-0.3, -0.25) is 4.90 Å². The molecule has 1 unspecified atom stereocenters. The topological polar surface area (TPSA) is 62.2 Å². The number of hydrogen-bond acceptors (Lipinski definition) is 5. The Bertz CT molecular complexity index is 311. The molecule has 5 heteroatoms. The van der Waals surface area contributed by atoms with Crippen LogP contribution in [0.25, 0.3) is 0 Å². The molecular formula is C14H27NO4. The number of rotatable bonds is 3. The number of ether oxygens (including phenoxy) is 2. The van der Waals surface area contributed by atoms with Crippen molar-refractivity contribution < 1.29 is 19.7 Å².